The van der Waals surface area contributed by atoms with Gasteiger partial charge >= 0.3 is 5.97 Å². The van der Waals surface area contributed by atoms with Gasteiger partial charge in [-0.25, -0.2) is 4.79 Å². The van der Waals surface area contributed by atoms with Crippen molar-refractivity contribution in [2.75, 3.05) is 5.32 Å². The van der Waals surface area contributed by atoms with Gasteiger partial charge < -0.3 is 14.8 Å². The van der Waals surface area contributed by atoms with Gasteiger partial charge in [0.25, 0.3) is 0 Å². The van der Waals surface area contributed by atoms with Crippen LogP contribution in [0.25, 0.3) is 0 Å². The van der Waals surface area contributed by atoms with E-state index >= 15 is 0 Å². The number of nitrogens with zero attached hydrogens (tertiary/aromatic N) is 1. The van der Waals surface area contributed by atoms with Crippen LogP contribution in [-0.2, 0) is 6.54 Å². The molecule has 0 amide bonds. The van der Waals surface area contributed by atoms with E-state index in [0.717, 1.165) is 4.47 Å². The molecule has 0 spiro atoms. The van der Waals surface area contributed by atoms with Crippen molar-refractivity contribution in [2.45, 2.75) is 13.5 Å². The number of nitrogens with one attached hydrogen (secondary N) is 1. The monoisotopic (exact) mass is 334 g/mol. The highest BCUT2D eigenvalue weighted by Gasteiger charge is 2.14. The summed E-state index contributed by atoms with van der Waals surface area (Å²) in [6, 6.07) is 9.06. The summed E-state index contributed by atoms with van der Waals surface area (Å²) in [5.41, 5.74) is 1.74. The number of hydrogen-bond donors (Lipinski definition) is 2. The van der Waals surface area contributed by atoms with Crippen LogP contribution in [0.5, 0.6) is 0 Å². The second kappa shape index (κ2) is 5.80. The Balaban J connectivity index is 2.15. The summed E-state index contributed by atoms with van der Waals surface area (Å²) in [7, 11) is 0. The minimum Gasteiger partial charge on any atom is -0.475 e. The maximum Gasteiger partial charge on any atom is 0.372 e. The first-order chi connectivity index (χ1) is 9.51. The van der Waals surface area contributed by atoms with Crippen LogP contribution in [0.2, 0.25) is 0 Å². The van der Waals surface area contributed by atoms with Crippen LogP contribution in [0.15, 0.2) is 33.2 Å². The first-order valence-electron chi connectivity index (χ1n) is 5.77. The summed E-state index contributed by atoms with van der Waals surface area (Å²) in [4.78, 5) is 10.9. The van der Waals surface area contributed by atoms with E-state index in [0.29, 0.717) is 29.1 Å². The lowest BCUT2D eigenvalue weighted by Gasteiger charge is -2.06. The molecule has 20 heavy (non-hydrogen) atoms. The van der Waals surface area contributed by atoms with Crippen LogP contribution < -0.4 is 5.32 Å². The summed E-state index contributed by atoms with van der Waals surface area (Å²) in [6.07, 6.45) is 0. The molecule has 0 unspecified atom stereocenters. The lowest BCUT2D eigenvalue weighted by atomic mass is 10.2. The second-order valence-electron chi connectivity index (χ2n) is 4.19. The van der Waals surface area contributed by atoms with Gasteiger partial charge in [0.1, 0.15) is 11.8 Å². The summed E-state index contributed by atoms with van der Waals surface area (Å²) in [5, 5.41) is 21.0. The molecule has 0 atom stereocenters. The van der Waals surface area contributed by atoms with Crippen LogP contribution in [0, 0.1) is 18.3 Å². The van der Waals surface area contributed by atoms with Crippen LogP contribution in [0.3, 0.4) is 0 Å². The average molecular weight is 335 g/mol. The lowest BCUT2D eigenvalue weighted by molar-refractivity contribution is 0.0659. The number of nitriles is 1. The Labute approximate surface area is 124 Å². The number of anilines is 1. The first kappa shape index (κ1) is 14.2. The SMILES string of the molecule is Cc1cc(CNc2ccc(Br)cc2C#N)oc1C(=O)O. The molecule has 0 saturated carbocycles. The Hall–Kier alpha value is -2.26. The molecule has 2 N–H and O–H groups in total. The highest BCUT2D eigenvalue weighted by Crippen LogP contribution is 2.22. The minimum atomic E-state index is -1.09. The van der Waals surface area contributed by atoms with Crippen molar-refractivity contribution < 1.29 is 14.3 Å². The molecule has 6 heteroatoms. The number of carboxylic acids is 1. The van der Waals surface area contributed by atoms with Gasteiger partial charge in [0, 0.05) is 10.0 Å². The lowest BCUT2D eigenvalue weighted by Crippen LogP contribution is -2.00. The molecular weight excluding hydrogens is 324 g/mol. The Morgan fingerprint density at radius 1 is 1.50 bits per heavy atom. The molecule has 2 aromatic rings. The fourth-order valence-electron chi connectivity index (χ4n) is 1.79. The van der Waals surface area contributed by atoms with E-state index in [1.165, 1.54) is 0 Å². The molecule has 0 aliphatic carbocycles. The normalized spacial score (nSPS) is 10.1. The Morgan fingerprint density at radius 2 is 2.25 bits per heavy atom. The maximum atomic E-state index is 10.9. The van der Waals surface area contributed by atoms with Gasteiger partial charge in [-0.15, -0.1) is 0 Å². The summed E-state index contributed by atoms with van der Waals surface area (Å²) in [6.45, 7) is 1.99. The molecule has 1 aromatic heterocycles. The highest BCUT2D eigenvalue weighted by atomic mass is 79.9. The average Bonchev–Trinajstić information content (AvgIpc) is 2.78. The van der Waals surface area contributed by atoms with Gasteiger partial charge in [0.05, 0.1) is 17.8 Å². The largest absolute Gasteiger partial charge is 0.475 e. The third-order valence-corrected chi connectivity index (χ3v) is 3.21. The molecule has 2 rings (SSSR count). The molecule has 0 fully saturated rings. The minimum absolute atomic E-state index is 0.0573. The number of carbonyl (C=O) groups is 1. The number of halogens is 1. The molecule has 0 aliphatic rings. The van der Waals surface area contributed by atoms with Crippen molar-refractivity contribution in [2.24, 2.45) is 0 Å². The first-order valence-corrected chi connectivity index (χ1v) is 6.56. The number of benzene rings is 1. The third kappa shape index (κ3) is 3.00. The van der Waals surface area contributed by atoms with Gasteiger partial charge in [-0.1, -0.05) is 15.9 Å². The van der Waals surface area contributed by atoms with Crippen LogP contribution in [-0.4, -0.2) is 11.1 Å². The standard InChI is InChI=1S/C14H11BrN2O3/c1-8-4-11(20-13(8)14(18)19)7-17-12-3-2-10(15)5-9(12)6-16/h2-5,17H,7H2,1H3,(H,18,19). The molecule has 0 saturated heterocycles. The van der Waals surface area contributed by atoms with Crippen molar-refractivity contribution in [3.63, 3.8) is 0 Å². The number of aromatic carboxylic acids is 1. The van der Waals surface area contributed by atoms with E-state index in [1.54, 1.807) is 25.1 Å². The molecule has 0 radical (unpaired) electrons. The van der Waals surface area contributed by atoms with Gasteiger partial charge in [0.2, 0.25) is 5.76 Å². The van der Waals surface area contributed by atoms with Gasteiger partial charge in [-0.3, -0.25) is 0 Å². The molecule has 5 nitrogen and oxygen atoms in total. The molecule has 102 valence electrons. The molecule has 1 heterocycles. The Kier molecular flexibility index (Phi) is 4.11. The van der Waals surface area contributed by atoms with Gasteiger partial charge in [-0.05, 0) is 31.2 Å². The molecule has 0 bridgehead atoms. The van der Waals surface area contributed by atoms with E-state index in [9.17, 15) is 4.79 Å². The van der Waals surface area contributed by atoms with Crippen molar-refractivity contribution in [1.29, 1.82) is 5.26 Å². The number of carboxylic acid groups (broad SMARTS) is 1. The third-order valence-electron chi connectivity index (χ3n) is 2.72. The smallest absolute Gasteiger partial charge is 0.372 e. The van der Waals surface area contributed by atoms with Gasteiger partial charge in [-0.2, -0.15) is 5.26 Å². The predicted octanol–water partition coefficient (Wildman–Crippen LogP) is 3.53. The Morgan fingerprint density at radius 3 is 2.85 bits per heavy atom. The number of rotatable bonds is 4. The zero-order chi connectivity index (χ0) is 14.7. The van der Waals surface area contributed by atoms with E-state index in [2.05, 4.69) is 27.3 Å². The van der Waals surface area contributed by atoms with Crippen molar-refractivity contribution >= 4 is 27.6 Å². The van der Waals surface area contributed by atoms with Crippen molar-refractivity contribution in [3.8, 4) is 6.07 Å². The maximum absolute atomic E-state index is 10.9. The highest BCUT2D eigenvalue weighted by molar-refractivity contribution is 9.10. The second-order valence-corrected chi connectivity index (χ2v) is 5.10. The summed E-state index contributed by atoms with van der Waals surface area (Å²) in [5.74, 6) is -0.639. The van der Waals surface area contributed by atoms with Crippen LogP contribution in [0.4, 0.5) is 5.69 Å². The molecule has 1 aromatic carbocycles. The quantitative estimate of drug-likeness (QED) is 0.893. The van der Waals surface area contributed by atoms with Crippen LogP contribution in [0.1, 0.15) is 27.4 Å². The zero-order valence-electron chi connectivity index (χ0n) is 10.6. The number of aryl methyl sites for hydroxylation is 1. The summed E-state index contributed by atoms with van der Waals surface area (Å²) >= 11 is 3.30. The Bertz CT molecular complexity index is 701. The predicted molar refractivity (Wildman–Crippen MR) is 76.6 cm³/mol. The number of hydrogen-bond acceptors (Lipinski definition) is 4. The van der Waals surface area contributed by atoms with Crippen LogP contribution >= 0.6 is 15.9 Å². The van der Waals surface area contributed by atoms with Gasteiger partial charge in [0.15, 0.2) is 0 Å². The molecule has 0 aliphatic heterocycles. The van der Waals surface area contributed by atoms with E-state index in [4.69, 9.17) is 14.8 Å². The summed E-state index contributed by atoms with van der Waals surface area (Å²) < 4.78 is 6.06. The van der Waals surface area contributed by atoms with Crippen molar-refractivity contribution in [1.82, 2.24) is 0 Å². The van der Waals surface area contributed by atoms with E-state index in [1.807, 2.05) is 6.07 Å². The molecular formula is C14H11BrN2O3. The fourth-order valence-corrected chi connectivity index (χ4v) is 2.15. The number of furan rings is 1. The van der Waals surface area contributed by atoms with E-state index < -0.39 is 5.97 Å². The topological polar surface area (TPSA) is 86.3 Å². The van der Waals surface area contributed by atoms with E-state index in [-0.39, 0.29) is 5.76 Å². The fraction of sp³-hybridized carbons (Fsp3) is 0.143. The zero-order valence-corrected chi connectivity index (χ0v) is 12.2. The van der Waals surface area contributed by atoms with Crippen molar-refractivity contribution in [3.05, 3.63) is 51.4 Å².